The molecule has 0 aromatic heterocycles. The molecule has 3 nitrogen and oxygen atoms in total. The van der Waals surface area contributed by atoms with Crippen molar-refractivity contribution in [3.8, 4) is 0 Å². The van der Waals surface area contributed by atoms with Crippen LogP contribution in [0, 0.1) is 19.8 Å². The Morgan fingerprint density at radius 1 is 1.26 bits per heavy atom. The number of anilines is 1. The lowest BCUT2D eigenvalue weighted by atomic mass is 9.97. The van der Waals surface area contributed by atoms with Crippen molar-refractivity contribution in [2.24, 2.45) is 5.92 Å². The van der Waals surface area contributed by atoms with Crippen LogP contribution < -0.4 is 10.6 Å². The molecule has 0 atom stereocenters. The monoisotopic (exact) mass is 346 g/mol. The van der Waals surface area contributed by atoms with Gasteiger partial charge in [0.2, 0.25) is 5.91 Å². The molecule has 0 unspecified atom stereocenters. The molecule has 1 fully saturated rings. The third kappa shape index (κ3) is 4.20. The smallest absolute Gasteiger partial charge is 0.227 e. The molecule has 1 amide bonds. The van der Waals surface area contributed by atoms with Crippen LogP contribution in [0.4, 0.5) is 5.69 Å². The second-order valence-electron chi connectivity index (χ2n) is 4.94. The van der Waals surface area contributed by atoms with Gasteiger partial charge in [-0.25, -0.2) is 0 Å². The summed E-state index contributed by atoms with van der Waals surface area (Å²) in [5, 5.41) is 6.31. The maximum Gasteiger partial charge on any atom is 0.227 e. The summed E-state index contributed by atoms with van der Waals surface area (Å²) >= 11 is 3.54. The average molecular weight is 348 g/mol. The van der Waals surface area contributed by atoms with Gasteiger partial charge in [0, 0.05) is 16.1 Å². The van der Waals surface area contributed by atoms with Gasteiger partial charge in [0.15, 0.2) is 0 Å². The van der Waals surface area contributed by atoms with E-state index < -0.39 is 0 Å². The summed E-state index contributed by atoms with van der Waals surface area (Å²) in [6.07, 6.45) is 1.86. The summed E-state index contributed by atoms with van der Waals surface area (Å²) in [7, 11) is 0. The predicted molar refractivity (Wildman–Crippen MR) is 85.1 cm³/mol. The van der Waals surface area contributed by atoms with Gasteiger partial charge < -0.3 is 10.6 Å². The Hall–Kier alpha value is -0.580. The average Bonchev–Trinajstić information content (AvgIpc) is 2.37. The van der Waals surface area contributed by atoms with Gasteiger partial charge in [0.1, 0.15) is 0 Å². The summed E-state index contributed by atoms with van der Waals surface area (Å²) in [5.74, 6) is 0.299. The van der Waals surface area contributed by atoms with Crippen LogP contribution in [0.1, 0.15) is 24.0 Å². The van der Waals surface area contributed by atoms with Crippen molar-refractivity contribution in [1.29, 1.82) is 0 Å². The van der Waals surface area contributed by atoms with Gasteiger partial charge in [0.05, 0.1) is 0 Å². The quantitative estimate of drug-likeness (QED) is 0.860. The molecule has 106 valence electrons. The lowest BCUT2D eigenvalue weighted by Crippen LogP contribution is -2.34. The number of benzene rings is 1. The number of piperidine rings is 1. The highest BCUT2D eigenvalue weighted by molar-refractivity contribution is 9.10. The molecule has 0 aliphatic carbocycles. The molecule has 0 radical (unpaired) electrons. The molecule has 1 heterocycles. The van der Waals surface area contributed by atoms with E-state index in [0.29, 0.717) is 0 Å². The Balaban J connectivity index is 0.00000180. The Morgan fingerprint density at radius 3 is 2.32 bits per heavy atom. The number of hydrogen-bond donors (Lipinski definition) is 2. The van der Waals surface area contributed by atoms with Gasteiger partial charge in [-0.05, 0) is 63.0 Å². The molecule has 0 bridgehead atoms. The summed E-state index contributed by atoms with van der Waals surface area (Å²) in [6.45, 7) is 5.96. The van der Waals surface area contributed by atoms with Crippen LogP contribution in [0.2, 0.25) is 0 Å². The molecule has 1 aliphatic rings. The Kier molecular flexibility index (Phi) is 6.30. The largest absolute Gasteiger partial charge is 0.326 e. The zero-order valence-electron chi connectivity index (χ0n) is 11.3. The minimum Gasteiger partial charge on any atom is -0.326 e. The van der Waals surface area contributed by atoms with E-state index in [1.54, 1.807) is 0 Å². The molecule has 2 rings (SSSR count). The van der Waals surface area contributed by atoms with E-state index in [4.69, 9.17) is 0 Å². The standard InChI is InChI=1S/C14H19BrN2O.ClH/c1-9-7-12(8-10(2)13(9)15)17-14(18)11-3-5-16-6-4-11;/h7-8,11,16H,3-6H2,1-2H3,(H,17,18);1H. The van der Waals surface area contributed by atoms with E-state index in [1.165, 1.54) is 0 Å². The molecule has 1 saturated heterocycles. The minimum atomic E-state index is 0. The first kappa shape index (κ1) is 16.5. The molecule has 0 spiro atoms. The number of aryl methyl sites for hydroxylation is 2. The van der Waals surface area contributed by atoms with Crippen molar-refractivity contribution in [1.82, 2.24) is 5.32 Å². The zero-order chi connectivity index (χ0) is 13.1. The SMILES string of the molecule is Cc1cc(NC(=O)C2CCNCC2)cc(C)c1Br.Cl. The molecule has 2 N–H and O–H groups in total. The van der Waals surface area contributed by atoms with Crippen LogP contribution in [-0.2, 0) is 4.79 Å². The van der Waals surface area contributed by atoms with E-state index >= 15 is 0 Å². The van der Waals surface area contributed by atoms with Gasteiger partial charge in [0.25, 0.3) is 0 Å². The first-order valence-electron chi connectivity index (χ1n) is 6.36. The third-order valence-corrected chi connectivity index (χ3v) is 4.66. The molecule has 5 heteroatoms. The number of hydrogen-bond acceptors (Lipinski definition) is 2. The second-order valence-corrected chi connectivity index (χ2v) is 5.73. The van der Waals surface area contributed by atoms with Gasteiger partial charge in [-0.1, -0.05) is 15.9 Å². The number of carbonyl (C=O) groups is 1. The normalized spacial score (nSPS) is 15.7. The second kappa shape index (κ2) is 7.27. The number of amides is 1. The highest BCUT2D eigenvalue weighted by Gasteiger charge is 2.21. The molecule has 1 aliphatic heterocycles. The molecular formula is C14H20BrClN2O. The van der Waals surface area contributed by atoms with Crippen LogP contribution in [-0.4, -0.2) is 19.0 Å². The topological polar surface area (TPSA) is 41.1 Å². The first-order chi connectivity index (χ1) is 8.58. The van der Waals surface area contributed by atoms with Crippen molar-refractivity contribution in [3.05, 3.63) is 27.7 Å². The minimum absolute atomic E-state index is 0. The van der Waals surface area contributed by atoms with E-state index in [2.05, 4.69) is 26.6 Å². The van der Waals surface area contributed by atoms with Crippen molar-refractivity contribution in [2.45, 2.75) is 26.7 Å². The van der Waals surface area contributed by atoms with Crippen LogP contribution >= 0.6 is 28.3 Å². The van der Waals surface area contributed by atoms with Gasteiger partial charge in [-0.2, -0.15) is 0 Å². The number of rotatable bonds is 2. The maximum atomic E-state index is 12.1. The van der Waals surface area contributed by atoms with E-state index in [9.17, 15) is 4.79 Å². The zero-order valence-corrected chi connectivity index (χ0v) is 13.7. The molecule has 19 heavy (non-hydrogen) atoms. The Bertz CT molecular complexity index is 436. The molecule has 0 saturated carbocycles. The van der Waals surface area contributed by atoms with Crippen molar-refractivity contribution >= 4 is 39.9 Å². The third-order valence-electron chi connectivity index (χ3n) is 3.41. The lowest BCUT2D eigenvalue weighted by molar-refractivity contribution is -0.120. The number of halogens is 2. The van der Waals surface area contributed by atoms with Crippen LogP contribution in [0.25, 0.3) is 0 Å². The highest BCUT2D eigenvalue weighted by atomic mass is 79.9. The van der Waals surface area contributed by atoms with Crippen LogP contribution in [0.3, 0.4) is 0 Å². The first-order valence-corrected chi connectivity index (χ1v) is 7.15. The van der Waals surface area contributed by atoms with Gasteiger partial charge in [-0.15, -0.1) is 12.4 Å². The fraction of sp³-hybridized carbons (Fsp3) is 0.500. The van der Waals surface area contributed by atoms with E-state index in [0.717, 1.165) is 47.2 Å². The Labute approximate surface area is 129 Å². The number of carbonyl (C=O) groups excluding carboxylic acids is 1. The van der Waals surface area contributed by atoms with Crippen molar-refractivity contribution in [3.63, 3.8) is 0 Å². The van der Waals surface area contributed by atoms with Crippen molar-refractivity contribution < 1.29 is 4.79 Å². The summed E-state index contributed by atoms with van der Waals surface area (Å²) in [5.41, 5.74) is 3.20. The summed E-state index contributed by atoms with van der Waals surface area (Å²) in [6, 6.07) is 4.02. The molecular weight excluding hydrogens is 328 g/mol. The Morgan fingerprint density at radius 2 is 1.79 bits per heavy atom. The fourth-order valence-corrected chi connectivity index (χ4v) is 2.58. The summed E-state index contributed by atoms with van der Waals surface area (Å²) in [4.78, 5) is 12.1. The summed E-state index contributed by atoms with van der Waals surface area (Å²) < 4.78 is 1.11. The fourth-order valence-electron chi connectivity index (χ4n) is 2.35. The predicted octanol–water partition coefficient (Wildman–Crippen LogP) is 3.43. The van der Waals surface area contributed by atoms with Gasteiger partial charge in [-0.3, -0.25) is 4.79 Å². The highest BCUT2D eigenvalue weighted by Crippen LogP contribution is 2.25. The molecule has 1 aromatic rings. The van der Waals surface area contributed by atoms with E-state index in [1.807, 2.05) is 26.0 Å². The van der Waals surface area contributed by atoms with Gasteiger partial charge >= 0.3 is 0 Å². The molecule has 1 aromatic carbocycles. The van der Waals surface area contributed by atoms with Crippen molar-refractivity contribution in [2.75, 3.05) is 18.4 Å². The van der Waals surface area contributed by atoms with Crippen LogP contribution in [0.5, 0.6) is 0 Å². The number of nitrogens with one attached hydrogen (secondary N) is 2. The van der Waals surface area contributed by atoms with E-state index in [-0.39, 0.29) is 24.2 Å². The maximum absolute atomic E-state index is 12.1. The lowest BCUT2D eigenvalue weighted by Gasteiger charge is -2.22. The van der Waals surface area contributed by atoms with Crippen LogP contribution in [0.15, 0.2) is 16.6 Å².